The van der Waals surface area contributed by atoms with E-state index in [9.17, 15) is 9.90 Å². The molecule has 0 bridgehead atoms. The van der Waals surface area contributed by atoms with E-state index in [1.807, 2.05) is 13.8 Å². The molecule has 2 rings (SSSR count). The van der Waals surface area contributed by atoms with Crippen LogP contribution in [-0.2, 0) is 4.74 Å². The second-order valence-corrected chi connectivity index (χ2v) is 5.20. The van der Waals surface area contributed by atoms with Crippen LogP contribution in [0.3, 0.4) is 0 Å². The summed E-state index contributed by atoms with van der Waals surface area (Å²) in [5.41, 5.74) is 0.173. The van der Waals surface area contributed by atoms with Crippen LogP contribution in [0.1, 0.15) is 37.0 Å². The highest BCUT2D eigenvalue weighted by molar-refractivity contribution is 5.94. The number of ether oxygens (including phenoxy) is 1. The first-order chi connectivity index (χ1) is 8.46. The van der Waals surface area contributed by atoms with E-state index >= 15 is 0 Å². The molecule has 0 aliphatic carbocycles. The average molecular weight is 250 g/mol. The quantitative estimate of drug-likeness (QED) is 0.834. The summed E-state index contributed by atoms with van der Waals surface area (Å²) < 4.78 is 5.60. The largest absolute Gasteiger partial charge is 0.506 e. The molecule has 1 aromatic heterocycles. The summed E-state index contributed by atoms with van der Waals surface area (Å²) in [6.07, 6.45) is 4.33. The number of carbonyl (C=O) groups excluding carboxylic acids is 1. The van der Waals surface area contributed by atoms with Crippen molar-refractivity contribution in [3.8, 4) is 5.75 Å². The van der Waals surface area contributed by atoms with Crippen LogP contribution in [-0.4, -0.2) is 34.2 Å². The smallest absolute Gasteiger partial charge is 0.253 e. The molecule has 0 saturated carbocycles. The molecular weight excluding hydrogens is 232 g/mol. The van der Waals surface area contributed by atoms with Gasteiger partial charge in [0.1, 0.15) is 5.75 Å². The first kappa shape index (κ1) is 12.8. The molecule has 0 spiro atoms. The van der Waals surface area contributed by atoms with Gasteiger partial charge in [-0.2, -0.15) is 0 Å². The summed E-state index contributed by atoms with van der Waals surface area (Å²) in [6, 6.07) is 1.51. The molecule has 1 aliphatic heterocycles. The molecule has 0 radical (unpaired) electrons. The number of carbonyl (C=O) groups is 1. The molecule has 1 amide bonds. The molecule has 1 aliphatic rings. The molecular formula is C13H18N2O3. The number of hydrogen-bond donors (Lipinski definition) is 2. The molecule has 1 fully saturated rings. The van der Waals surface area contributed by atoms with Gasteiger partial charge in [0.25, 0.3) is 5.91 Å². The molecule has 1 atom stereocenters. The Morgan fingerprint density at radius 2 is 2.33 bits per heavy atom. The Hall–Kier alpha value is -1.62. The van der Waals surface area contributed by atoms with E-state index < -0.39 is 0 Å². The van der Waals surface area contributed by atoms with Gasteiger partial charge in [-0.05, 0) is 32.8 Å². The molecule has 0 aromatic carbocycles. The van der Waals surface area contributed by atoms with Crippen LogP contribution in [0.2, 0.25) is 0 Å². The Labute approximate surface area is 106 Å². The molecule has 5 heteroatoms. The fraction of sp³-hybridized carbons (Fsp3) is 0.538. The molecule has 2 N–H and O–H groups in total. The van der Waals surface area contributed by atoms with E-state index in [4.69, 9.17) is 4.74 Å². The molecule has 98 valence electrons. The summed E-state index contributed by atoms with van der Waals surface area (Å²) in [5.74, 6) is -0.212. The lowest BCUT2D eigenvalue weighted by Crippen LogP contribution is -2.45. The van der Waals surface area contributed by atoms with Crippen molar-refractivity contribution in [2.75, 3.05) is 6.61 Å². The number of rotatable bonds is 2. The zero-order valence-corrected chi connectivity index (χ0v) is 10.6. The van der Waals surface area contributed by atoms with E-state index in [0.29, 0.717) is 12.2 Å². The van der Waals surface area contributed by atoms with Crippen LogP contribution in [0.25, 0.3) is 0 Å². The van der Waals surface area contributed by atoms with Gasteiger partial charge in [0, 0.05) is 18.8 Å². The van der Waals surface area contributed by atoms with Gasteiger partial charge in [-0.1, -0.05) is 0 Å². The second-order valence-electron chi connectivity index (χ2n) is 5.20. The number of amides is 1. The van der Waals surface area contributed by atoms with E-state index in [-0.39, 0.29) is 23.3 Å². The van der Waals surface area contributed by atoms with E-state index in [1.54, 1.807) is 0 Å². The Balaban J connectivity index is 1.99. The number of aromatic hydroxyl groups is 1. The highest BCUT2D eigenvalue weighted by Gasteiger charge is 2.29. The standard InChI is InChI=1S/C13H18N2O3/c1-13(2)6-10(3-4-18-13)15-12(17)9-5-11(16)8-14-7-9/h5,7-8,10,16H,3-4,6H2,1-2H3,(H,15,17). The summed E-state index contributed by atoms with van der Waals surface area (Å²) in [5, 5.41) is 12.2. The minimum absolute atomic E-state index is 0.00467. The summed E-state index contributed by atoms with van der Waals surface area (Å²) in [4.78, 5) is 15.8. The molecule has 2 heterocycles. The Kier molecular flexibility index (Phi) is 3.52. The van der Waals surface area contributed by atoms with Crippen molar-refractivity contribution in [1.29, 1.82) is 0 Å². The second kappa shape index (κ2) is 4.94. The fourth-order valence-corrected chi connectivity index (χ4v) is 2.18. The van der Waals surface area contributed by atoms with Crippen molar-refractivity contribution in [2.45, 2.75) is 38.3 Å². The van der Waals surface area contributed by atoms with Gasteiger partial charge in [-0.25, -0.2) is 0 Å². The van der Waals surface area contributed by atoms with Crippen molar-refractivity contribution in [3.05, 3.63) is 24.0 Å². The number of nitrogens with zero attached hydrogens (tertiary/aromatic N) is 1. The molecule has 5 nitrogen and oxygen atoms in total. The number of hydrogen-bond acceptors (Lipinski definition) is 4. The summed E-state index contributed by atoms with van der Waals surface area (Å²) >= 11 is 0. The van der Waals surface area contributed by atoms with Gasteiger partial charge < -0.3 is 15.2 Å². The van der Waals surface area contributed by atoms with Crippen LogP contribution >= 0.6 is 0 Å². The lowest BCUT2D eigenvalue weighted by Gasteiger charge is -2.35. The summed E-state index contributed by atoms with van der Waals surface area (Å²) in [7, 11) is 0. The highest BCUT2D eigenvalue weighted by atomic mass is 16.5. The van der Waals surface area contributed by atoms with Crippen LogP contribution in [0.5, 0.6) is 5.75 Å². The normalized spacial score (nSPS) is 22.4. The van der Waals surface area contributed by atoms with Crippen molar-refractivity contribution >= 4 is 5.91 Å². The Morgan fingerprint density at radius 1 is 1.56 bits per heavy atom. The first-order valence-electron chi connectivity index (χ1n) is 6.05. The third-order valence-corrected chi connectivity index (χ3v) is 3.02. The van der Waals surface area contributed by atoms with Crippen LogP contribution in [0.4, 0.5) is 0 Å². The van der Waals surface area contributed by atoms with E-state index in [1.165, 1.54) is 18.5 Å². The predicted molar refractivity (Wildman–Crippen MR) is 66.4 cm³/mol. The molecule has 18 heavy (non-hydrogen) atoms. The maximum atomic E-state index is 12.0. The van der Waals surface area contributed by atoms with Crippen molar-refractivity contribution in [2.24, 2.45) is 0 Å². The van der Waals surface area contributed by atoms with Gasteiger partial charge in [0.05, 0.1) is 17.4 Å². The molecule has 1 unspecified atom stereocenters. The van der Waals surface area contributed by atoms with Gasteiger partial charge in [0.15, 0.2) is 0 Å². The SMILES string of the molecule is CC1(C)CC(NC(=O)c2cncc(O)c2)CCO1. The number of nitrogens with one attached hydrogen (secondary N) is 1. The van der Waals surface area contributed by atoms with Crippen molar-refractivity contribution < 1.29 is 14.6 Å². The monoisotopic (exact) mass is 250 g/mol. The number of pyridine rings is 1. The zero-order chi connectivity index (χ0) is 13.2. The van der Waals surface area contributed by atoms with E-state index in [0.717, 1.165) is 12.8 Å². The topological polar surface area (TPSA) is 71.5 Å². The zero-order valence-electron chi connectivity index (χ0n) is 10.6. The number of aromatic nitrogens is 1. The van der Waals surface area contributed by atoms with Crippen molar-refractivity contribution in [1.82, 2.24) is 10.3 Å². The molecule has 1 aromatic rings. The third kappa shape index (κ3) is 3.20. The Morgan fingerprint density at radius 3 is 3.00 bits per heavy atom. The molecule has 1 saturated heterocycles. The lowest BCUT2D eigenvalue weighted by atomic mass is 9.94. The van der Waals surface area contributed by atoms with Gasteiger partial charge in [-0.15, -0.1) is 0 Å². The Bertz CT molecular complexity index is 446. The third-order valence-electron chi connectivity index (χ3n) is 3.02. The highest BCUT2D eigenvalue weighted by Crippen LogP contribution is 2.24. The van der Waals surface area contributed by atoms with Crippen LogP contribution < -0.4 is 5.32 Å². The maximum absolute atomic E-state index is 12.0. The fourth-order valence-electron chi connectivity index (χ4n) is 2.18. The van der Waals surface area contributed by atoms with Crippen LogP contribution in [0, 0.1) is 0 Å². The summed E-state index contributed by atoms with van der Waals surface area (Å²) in [6.45, 7) is 4.68. The van der Waals surface area contributed by atoms with Crippen LogP contribution in [0.15, 0.2) is 18.5 Å². The minimum atomic E-state index is -0.207. The minimum Gasteiger partial charge on any atom is -0.506 e. The predicted octanol–water partition coefficient (Wildman–Crippen LogP) is 1.47. The average Bonchev–Trinajstić information content (AvgIpc) is 2.27. The first-order valence-corrected chi connectivity index (χ1v) is 6.05. The maximum Gasteiger partial charge on any atom is 0.253 e. The van der Waals surface area contributed by atoms with E-state index in [2.05, 4.69) is 10.3 Å². The lowest BCUT2D eigenvalue weighted by molar-refractivity contribution is -0.0615. The van der Waals surface area contributed by atoms with Gasteiger partial charge >= 0.3 is 0 Å². The van der Waals surface area contributed by atoms with Gasteiger partial charge in [-0.3, -0.25) is 9.78 Å². The van der Waals surface area contributed by atoms with Gasteiger partial charge in [0.2, 0.25) is 0 Å². The van der Waals surface area contributed by atoms with Crippen molar-refractivity contribution in [3.63, 3.8) is 0 Å².